The van der Waals surface area contributed by atoms with Gasteiger partial charge in [-0.25, -0.2) is 14.6 Å². The van der Waals surface area contributed by atoms with E-state index in [1.165, 1.54) is 12.1 Å². The first kappa shape index (κ1) is 15.4. The van der Waals surface area contributed by atoms with E-state index in [4.69, 9.17) is 5.11 Å². The van der Waals surface area contributed by atoms with Crippen molar-refractivity contribution in [1.82, 2.24) is 15.2 Å². The summed E-state index contributed by atoms with van der Waals surface area (Å²) in [5, 5.41) is 13.7. The van der Waals surface area contributed by atoms with Gasteiger partial charge in [0.15, 0.2) is 0 Å². The Kier molecular flexibility index (Phi) is 4.35. The molecule has 1 fully saturated rings. The van der Waals surface area contributed by atoms with Gasteiger partial charge in [0.25, 0.3) is 0 Å². The molecule has 116 valence electrons. The van der Waals surface area contributed by atoms with Gasteiger partial charge in [-0.15, -0.1) is 0 Å². The van der Waals surface area contributed by atoms with Crippen LogP contribution >= 0.6 is 0 Å². The molecule has 0 spiro atoms. The molecule has 1 saturated heterocycles. The normalized spacial score (nSPS) is 16.0. The van der Waals surface area contributed by atoms with Crippen molar-refractivity contribution in [3.8, 4) is 0 Å². The van der Waals surface area contributed by atoms with E-state index < -0.39 is 12.0 Å². The first-order chi connectivity index (χ1) is 10.4. The van der Waals surface area contributed by atoms with Gasteiger partial charge >= 0.3 is 12.0 Å². The van der Waals surface area contributed by atoms with Crippen molar-refractivity contribution >= 4 is 29.7 Å². The average Bonchev–Trinajstić information content (AvgIpc) is 2.80. The van der Waals surface area contributed by atoms with E-state index in [1.807, 2.05) is 13.8 Å². The Hall–Kier alpha value is -2.97. The number of urea groups is 1. The predicted octanol–water partition coefficient (Wildman–Crippen LogP) is 0.508. The van der Waals surface area contributed by atoms with Gasteiger partial charge in [-0.05, 0) is 26.0 Å². The number of carboxylic acid groups (broad SMARTS) is 1. The SMILES string of the molecule is CC(C)N1CC(=O)NC1=NC(=O)Nc1ccc(C(=O)O)cn1. The van der Waals surface area contributed by atoms with Gasteiger partial charge in [0, 0.05) is 12.2 Å². The highest BCUT2D eigenvalue weighted by molar-refractivity contribution is 6.09. The minimum absolute atomic E-state index is 0.0124. The fourth-order valence-electron chi connectivity index (χ4n) is 1.81. The van der Waals surface area contributed by atoms with Crippen molar-refractivity contribution in [2.24, 2.45) is 4.99 Å². The van der Waals surface area contributed by atoms with Gasteiger partial charge in [-0.1, -0.05) is 0 Å². The number of hydrogen-bond acceptors (Lipinski definition) is 4. The number of rotatable bonds is 3. The molecule has 3 amide bonds. The number of carbonyl (C=O) groups excluding carboxylic acids is 2. The summed E-state index contributed by atoms with van der Waals surface area (Å²) in [4.78, 5) is 43.1. The lowest BCUT2D eigenvalue weighted by Gasteiger charge is -2.20. The second kappa shape index (κ2) is 6.20. The van der Waals surface area contributed by atoms with Crippen LogP contribution in [0.3, 0.4) is 0 Å². The first-order valence-electron chi connectivity index (χ1n) is 6.52. The van der Waals surface area contributed by atoms with Crippen LogP contribution in [0.15, 0.2) is 23.3 Å². The standard InChI is InChI=1S/C13H15N5O4/c1-7(2)18-6-10(19)16-12(18)17-13(22)15-9-4-3-8(5-14-9)11(20)21/h3-5,7H,6H2,1-2H3,(H,20,21)(H2,14,15,16,17,19,22). The molecule has 1 aliphatic rings. The zero-order chi connectivity index (χ0) is 16.3. The smallest absolute Gasteiger partial charge is 0.349 e. The number of carboxylic acids is 1. The lowest BCUT2D eigenvalue weighted by Crippen LogP contribution is -2.36. The van der Waals surface area contributed by atoms with Gasteiger partial charge in [0.2, 0.25) is 11.9 Å². The monoisotopic (exact) mass is 305 g/mol. The van der Waals surface area contributed by atoms with Gasteiger partial charge in [0.05, 0.1) is 5.56 Å². The third-order valence-corrected chi connectivity index (χ3v) is 2.91. The van der Waals surface area contributed by atoms with Crippen LogP contribution in [0.2, 0.25) is 0 Å². The Labute approximate surface area is 126 Å². The molecule has 0 unspecified atom stereocenters. The van der Waals surface area contributed by atoms with Crippen molar-refractivity contribution in [2.75, 3.05) is 11.9 Å². The minimum Gasteiger partial charge on any atom is -0.478 e. The molecule has 2 heterocycles. The summed E-state index contributed by atoms with van der Waals surface area (Å²) < 4.78 is 0. The van der Waals surface area contributed by atoms with Gasteiger partial charge < -0.3 is 10.0 Å². The van der Waals surface area contributed by atoms with Crippen LogP contribution in [0.1, 0.15) is 24.2 Å². The summed E-state index contributed by atoms with van der Waals surface area (Å²) in [6.07, 6.45) is 1.13. The fraction of sp³-hybridized carbons (Fsp3) is 0.308. The van der Waals surface area contributed by atoms with E-state index in [0.717, 1.165) is 6.20 Å². The van der Waals surface area contributed by atoms with Crippen molar-refractivity contribution in [3.63, 3.8) is 0 Å². The molecule has 0 aliphatic carbocycles. The number of aromatic carboxylic acids is 1. The van der Waals surface area contributed by atoms with E-state index in [2.05, 4.69) is 20.6 Å². The van der Waals surface area contributed by atoms with Gasteiger partial charge in [0.1, 0.15) is 12.4 Å². The van der Waals surface area contributed by atoms with Crippen LogP contribution < -0.4 is 10.6 Å². The number of anilines is 1. The van der Waals surface area contributed by atoms with Crippen LogP contribution in [-0.4, -0.2) is 51.4 Å². The lowest BCUT2D eigenvalue weighted by molar-refractivity contribution is -0.118. The number of nitrogens with one attached hydrogen (secondary N) is 2. The maximum Gasteiger partial charge on any atom is 0.349 e. The van der Waals surface area contributed by atoms with Gasteiger partial charge in [-0.2, -0.15) is 4.99 Å². The Morgan fingerprint density at radius 2 is 2.18 bits per heavy atom. The summed E-state index contributed by atoms with van der Waals surface area (Å²) in [6, 6.07) is 1.97. The Morgan fingerprint density at radius 1 is 1.45 bits per heavy atom. The van der Waals surface area contributed by atoms with Crippen LogP contribution in [0, 0.1) is 0 Å². The maximum atomic E-state index is 11.8. The van der Waals surface area contributed by atoms with E-state index in [1.54, 1.807) is 4.90 Å². The number of pyridine rings is 1. The predicted molar refractivity (Wildman–Crippen MR) is 77.6 cm³/mol. The molecule has 22 heavy (non-hydrogen) atoms. The number of aliphatic imine (C=N–C) groups is 1. The summed E-state index contributed by atoms with van der Waals surface area (Å²) in [5.74, 6) is -0.990. The Bertz CT molecular complexity index is 638. The largest absolute Gasteiger partial charge is 0.478 e. The van der Waals surface area contributed by atoms with E-state index in [-0.39, 0.29) is 35.8 Å². The molecule has 0 radical (unpaired) electrons. The van der Waals surface area contributed by atoms with E-state index in [0.29, 0.717) is 0 Å². The summed E-state index contributed by atoms with van der Waals surface area (Å²) in [7, 11) is 0. The second-order valence-electron chi connectivity index (χ2n) is 4.87. The molecule has 0 saturated carbocycles. The highest BCUT2D eigenvalue weighted by Gasteiger charge is 2.27. The first-order valence-corrected chi connectivity index (χ1v) is 6.52. The molecular weight excluding hydrogens is 290 g/mol. The fourth-order valence-corrected chi connectivity index (χ4v) is 1.81. The highest BCUT2D eigenvalue weighted by Crippen LogP contribution is 2.08. The molecule has 2 rings (SSSR count). The van der Waals surface area contributed by atoms with Crippen LogP contribution in [-0.2, 0) is 4.79 Å². The molecule has 3 N–H and O–H groups in total. The van der Waals surface area contributed by atoms with Crippen molar-refractivity contribution in [1.29, 1.82) is 0 Å². The summed E-state index contributed by atoms with van der Waals surface area (Å²) >= 11 is 0. The van der Waals surface area contributed by atoms with Crippen LogP contribution in [0.5, 0.6) is 0 Å². The summed E-state index contributed by atoms with van der Waals surface area (Å²) in [6.45, 7) is 3.90. The number of nitrogens with zero attached hydrogens (tertiary/aromatic N) is 3. The van der Waals surface area contributed by atoms with Crippen LogP contribution in [0.25, 0.3) is 0 Å². The number of guanidine groups is 1. The lowest BCUT2D eigenvalue weighted by atomic mass is 10.3. The van der Waals surface area contributed by atoms with Crippen molar-refractivity contribution in [2.45, 2.75) is 19.9 Å². The molecule has 1 aromatic heterocycles. The third-order valence-electron chi connectivity index (χ3n) is 2.91. The number of hydrogen-bond donors (Lipinski definition) is 3. The Balaban J connectivity index is 2.07. The van der Waals surface area contributed by atoms with E-state index >= 15 is 0 Å². The average molecular weight is 305 g/mol. The zero-order valence-electron chi connectivity index (χ0n) is 12.0. The van der Waals surface area contributed by atoms with Crippen molar-refractivity contribution in [3.05, 3.63) is 23.9 Å². The molecule has 9 nitrogen and oxygen atoms in total. The molecule has 9 heteroatoms. The number of aromatic nitrogens is 1. The molecule has 0 bridgehead atoms. The molecule has 0 atom stereocenters. The summed E-state index contributed by atoms with van der Waals surface area (Å²) in [5.41, 5.74) is 0.0124. The van der Waals surface area contributed by atoms with Gasteiger partial charge in [-0.3, -0.25) is 15.4 Å². The molecule has 0 aromatic carbocycles. The second-order valence-corrected chi connectivity index (χ2v) is 4.87. The molecule has 1 aliphatic heterocycles. The van der Waals surface area contributed by atoms with E-state index in [9.17, 15) is 14.4 Å². The maximum absolute atomic E-state index is 11.8. The van der Waals surface area contributed by atoms with Crippen LogP contribution in [0.4, 0.5) is 10.6 Å². The quantitative estimate of drug-likeness (QED) is 0.747. The minimum atomic E-state index is -1.10. The molecule has 1 aromatic rings. The Morgan fingerprint density at radius 3 is 2.73 bits per heavy atom. The third kappa shape index (κ3) is 3.57. The number of carbonyl (C=O) groups is 3. The van der Waals surface area contributed by atoms with Crippen molar-refractivity contribution < 1.29 is 19.5 Å². The number of amides is 3. The highest BCUT2D eigenvalue weighted by atomic mass is 16.4. The topological polar surface area (TPSA) is 124 Å². The zero-order valence-corrected chi connectivity index (χ0v) is 12.0. The molecular formula is C13H15N5O4.